The highest BCUT2D eigenvalue weighted by Crippen LogP contribution is 2.43. The molecule has 0 saturated heterocycles. The summed E-state index contributed by atoms with van der Waals surface area (Å²) in [6.45, 7) is 6.94. The first-order valence-electron chi connectivity index (χ1n) is 6.00. The van der Waals surface area contributed by atoms with Gasteiger partial charge in [-0.15, -0.1) is 11.3 Å². The predicted molar refractivity (Wildman–Crippen MR) is 79.6 cm³/mol. The summed E-state index contributed by atoms with van der Waals surface area (Å²) >= 11 is 6.77. The summed E-state index contributed by atoms with van der Waals surface area (Å²) in [5.74, 6) is 0.729. The molecule has 1 aromatic heterocycles. The summed E-state index contributed by atoms with van der Waals surface area (Å²) in [6, 6.07) is 0. The summed E-state index contributed by atoms with van der Waals surface area (Å²) in [5, 5.41) is 0.803. The molecule has 0 aromatic carbocycles. The zero-order valence-electron chi connectivity index (χ0n) is 10.7. The number of nitrogens with two attached hydrogens (primary N) is 2. The van der Waals surface area contributed by atoms with Crippen molar-refractivity contribution in [3.05, 3.63) is 16.0 Å². The molecule has 0 saturated carbocycles. The lowest BCUT2D eigenvalue weighted by molar-refractivity contribution is 0.218. The van der Waals surface area contributed by atoms with Gasteiger partial charge in [-0.1, -0.05) is 33.0 Å². The molecule has 1 aromatic rings. The lowest BCUT2D eigenvalue weighted by Crippen LogP contribution is -2.27. The summed E-state index contributed by atoms with van der Waals surface area (Å²) in [7, 11) is 0. The zero-order chi connectivity index (χ0) is 12.8. The van der Waals surface area contributed by atoms with E-state index in [4.69, 9.17) is 23.7 Å². The Morgan fingerprint density at radius 3 is 2.59 bits per heavy atom. The van der Waals surface area contributed by atoms with E-state index < -0.39 is 0 Å². The second kappa shape index (κ2) is 4.25. The monoisotopic (exact) mass is 268 g/mol. The van der Waals surface area contributed by atoms with E-state index in [-0.39, 0.29) is 0 Å². The molecule has 0 fully saturated rings. The van der Waals surface area contributed by atoms with Crippen LogP contribution >= 0.6 is 23.6 Å². The van der Waals surface area contributed by atoms with Crippen LogP contribution in [0.4, 0.5) is 5.00 Å². The maximum Gasteiger partial charge on any atom is 0.107 e. The van der Waals surface area contributed by atoms with Gasteiger partial charge in [-0.2, -0.15) is 0 Å². The van der Waals surface area contributed by atoms with Crippen molar-refractivity contribution >= 4 is 33.5 Å². The number of thiocarbonyl (C=S) groups is 1. The molecule has 4 heteroatoms. The van der Waals surface area contributed by atoms with Crippen LogP contribution in [-0.4, -0.2) is 4.99 Å². The van der Waals surface area contributed by atoms with Gasteiger partial charge in [0.15, 0.2) is 0 Å². The molecule has 0 spiro atoms. The third kappa shape index (κ3) is 2.33. The van der Waals surface area contributed by atoms with Gasteiger partial charge in [0.05, 0.1) is 5.00 Å². The fourth-order valence-electron chi connectivity index (χ4n) is 2.62. The molecular formula is C13H20N2S2. The number of rotatable bonds is 1. The van der Waals surface area contributed by atoms with Crippen molar-refractivity contribution < 1.29 is 0 Å². The van der Waals surface area contributed by atoms with E-state index >= 15 is 0 Å². The van der Waals surface area contributed by atoms with E-state index in [0.29, 0.717) is 10.4 Å². The average Bonchev–Trinajstić information content (AvgIpc) is 2.50. The van der Waals surface area contributed by atoms with Gasteiger partial charge in [-0.3, -0.25) is 0 Å². The Hall–Kier alpha value is -0.610. The van der Waals surface area contributed by atoms with Crippen LogP contribution < -0.4 is 11.5 Å². The number of thiophene rings is 1. The van der Waals surface area contributed by atoms with Gasteiger partial charge in [-0.05, 0) is 36.2 Å². The van der Waals surface area contributed by atoms with Crippen molar-refractivity contribution in [1.82, 2.24) is 0 Å². The van der Waals surface area contributed by atoms with E-state index in [1.807, 2.05) is 0 Å². The van der Waals surface area contributed by atoms with Gasteiger partial charge in [0.2, 0.25) is 0 Å². The van der Waals surface area contributed by atoms with Crippen molar-refractivity contribution in [2.24, 2.45) is 17.1 Å². The van der Waals surface area contributed by atoms with Crippen LogP contribution in [0, 0.1) is 11.3 Å². The molecule has 1 heterocycles. The molecule has 2 rings (SSSR count). The Morgan fingerprint density at radius 2 is 2.06 bits per heavy atom. The highest BCUT2D eigenvalue weighted by atomic mass is 32.1. The third-order valence-corrected chi connectivity index (χ3v) is 5.05. The number of fused-ring (bicyclic) bond motifs is 1. The molecule has 0 amide bonds. The van der Waals surface area contributed by atoms with Crippen LogP contribution in [-0.2, 0) is 12.8 Å². The van der Waals surface area contributed by atoms with Crippen molar-refractivity contribution in [1.29, 1.82) is 0 Å². The van der Waals surface area contributed by atoms with E-state index in [1.165, 1.54) is 16.9 Å². The number of anilines is 1. The quantitative estimate of drug-likeness (QED) is 0.769. The second-order valence-electron chi connectivity index (χ2n) is 5.91. The molecule has 1 aliphatic rings. The van der Waals surface area contributed by atoms with Crippen molar-refractivity contribution in [2.45, 2.75) is 40.0 Å². The fraction of sp³-hybridized carbons (Fsp3) is 0.615. The van der Waals surface area contributed by atoms with Gasteiger partial charge in [0, 0.05) is 10.4 Å². The summed E-state index contributed by atoms with van der Waals surface area (Å²) in [6.07, 6.45) is 3.40. The Bertz CT molecular complexity index is 455. The number of nitrogen functional groups attached to an aromatic ring is 1. The minimum atomic E-state index is 0.361. The minimum Gasteiger partial charge on any atom is -0.390 e. The summed E-state index contributed by atoms with van der Waals surface area (Å²) < 4.78 is 0. The molecule has 0 aliphatic heterocycles. The van der Waals surface area contributed by atoms with Crippen molar-refractivity contribution in [2.75, 3.05) is 5.73 Å². The van der Waals surface area contributed by atoms with E-state index in [9.17, 15) is 0 Å². The maximum atomic E-state index is 6.03. The van der Waals surface area contributed by atoms with Crippen LogP contribution in [0.1, 0.15) is 43.2 Å². The smallest absolute Gasteiger partial charge is 0.107 e. The normalized spacial score (nSPS) is 20.1. The predicted octanol–water partition coefficient (Wildman–Crippen LogP) is 3.12. The summed E-state index contributed by atoms with van der Waals surface area (Å²) in [4.78, 5) is 1.85. The van der Waals surface area contributed by atoms with Crippen LogP contribution in [0.3, 0.4) is 0 Å². The highest BCUT2D eigenvalue weighted by molar-refractivity contribution is 7.80. The van der Waals surface area contributed by atoms with Gasteiger partial charge in [-0.25, -0.2) is 0 Å². The Kier molecular flexibility index (Phi) is 3.21. The van der Waals surface area contributed by atoms with Gasteiger partial charge < -0.3 is 11.5 Å². The molecule has 17 heavy (non-hydrogen) atoms. The lowest BCUT2D eigenvalue weighted by Gasteiger charge is -2.33. The first-order valence-corrected chi connectivity index (χ1v) is 7.23. The Morgan fingerprint density at radius 1 is 1.41 bits per heavy atom. The van der Waals surface area contributed by atoms with E-state index in [2.05, 4.69) is 20.8 Å². The van der Waals surface area contributed by atoms with Gasteiger partial charge >= 0.3 is 0 Å². The number of hydrogen-bond acceptors (Lipinski definition) is 3. The molecule has 1 unspecified atom stereocenters. The van der Waals surface area contributed by atoms with Crippen molar-refractivity contribution in [3.63, 3.8) is 0 Å². The largest absolute Gasteiger partial charge is 0.390 e. The van der Waals surface area contributed by atoms with Crippen LogP contribution in [0.15, 0.2) is 0 Å². The molecule has 1 aliphatic carbocycles. The van der Waals surface area contributed by atoms with Crippen LogP contribution in [0.2, 0.25) is 0 Å². The van der Waals surface area contributed by atoms with E-state index in [0.717, 1.165) is 29.3 Å². The molecule has 2 nitrogen and oxygen atoms in total. The van der Waals surface area contributed by atoms with Gasteiger partial charge in [0.1, 0.15) is 4.99 Å². The molecule has 0 radical (unpaired) electrons. The fourth-order valence-corrected chi connectivity index (χ4v) is 4.13. The third-order valence-electron chi connectivity index (χ3n) is 3.76. The van der Waals surface area contributed by atoms with Crippen molar-refractivity contribution in [3.8, 4) is 0 Å². The zero-order valence-corrected chi connectivity index (χ0v) is 12.3. The Labute approximate surface area is 112 Å². The molecule has 4 N–H and O–H groups in total. The standard InChI is InChI=1S/C13H20N2S2/c1-13(2,3)7-4-5-8-9(6-7)17-12(15)10(8)11(14)16/h7H,4-6,15H2,1-3H3,(H2,14,16). The average molecular weight is 268 g/mol. The van der Waals surface area contributed by atoms with Crippen LogP contribution in [0.25, 0.3) is 0 Å². The molecule has 0 bridgehead atoms. The van der Waals surface area contributed by atoms with Gasteiger partial charge in [0.25, 0.3) is 0 Å². The first kappa shape index (κ1) is 12.8. The topological polar surface area (TPSA) is 52.0 Å². The first-order chi connectivity index (χ1) is 7.80. The number of hydrogen-bond donors (Lipinski definition) is 2. The minimum absolute atomic E-state index is 0.361. The van der Waals surface area contributed by atoms with Crippen LogP contribution in [0.5, 0.6) is 0 Å². The molecule has 94 valence electrons. The second-order valence-corrected chi connectivity index (χ2v) is 7.49. The maximum absolute atomic E-state index is 6.03. The molecule has 1 atom stereocenters. The highest BCUT2D eigenvalue weighted by Gasteiger charge is 2.32. The van der Waals surface area contributed by atoms with E-state index in [1.54, 1.807) is 11.3 Å². The Balaban J connectivity index is 2.35. The summed E-state index contributed by atoms with van der Waals surface area (Å²) in [5.41, 5.74) is 14.4. The SMILES string of the molecule is CC(C)(C)C1CCc2c(sc(N)c2C(N)=S)C1. The lowest BCUT2D eigenvalue weighted by atomic mass is 9.72. The molecular weight excluding hydrogens is 248 g/mol.